The van der Waals surface area contributed by atoms with Crippen LogP contribution in [-0.4, -0.2) is 94.7 Å². The van der Waals surface area contributed by atoms with E-state index in [0.29, 0.717) is 110 Å². The number of amides is 2. The second kappa shape index (κ2) is 17.2. The lowest BCUT2D eigenvalue weighted by molar-refractivity contribution is -0.123. The molecule has 0 aliphatic carbocycles. The van der Waals surface area contributed by atoms with Crippen molar-refractivity contribution in [3.05, 3.63) is 73.1 Å². The molecular weight excluding hydrogens is 704 g/mol. The zero-order chi connectivity index (χ0) is 39.0. The summed E-state index contributed by atoms with van der Waals surface area (Å²) < 4.78 is 32.1. The van der Waals surface area contributed by atoms with Crippen molar-refractivity contribution in [3.63, 3.8) is 0 Å². The first kappa shape index (κ1) is 39.1. The molecule has 6 rings (SSSR count). The lowest BCUT2D eigenvalue weighted by atomic mass is 9.94. The number of rotatable bonds is 2. The summed E-state index contributed by atoms with van der Waals surface area (Å²) in [5.41, 5.74) is 2.91. The average Bonchev–Trinajstić information content (AvgIpc) is 3.84. The largest absolute Gasteiger partial charge is 0.491 e. The van der Waals surface area contributed by atoms with Crippen molar-refractivity contribution in [2.75, 3.05) is 63.5 Å². The average molecular weight is 753 g/mol. The van der Waals surface area contributed by atoms with Crippen molar-refractivity contribution in [1.82, 2.24) is 30.0 Å². The fraction of sp³-hybridized carbons (Fsp3) is 0.400. The van der Waals surface area contributed by atoms with E-state index in [1.807, 2.05) is 96.1 Å². The molecule has 0 saturated carbocycles. The van der Waals surface area contributed by atoms with Gasteiger partial charge in [0, 0.05) is 34.1 Å². The van der Waals surface area contributed by atoms with Gasteiger partial charge in [0.1, 0.15) is 36.1 Å². The van der Waals surface area contributed by atoms with Crippen LogP contribution in [0, 0.1) is 10.8 Å². The molecule has 3 aromatic carbocycles. The van der Waals surface area contributed by atoms with Gasteiger partial charge in [-0.25, -0.2) is 9.36 Å². The minimum atomic E-state index is -0.717. The molecule has 1 aliphatic rings. The van der Waals surface area contributed by atoms with Crippen molar-refractivity contribution in [2.45, 2.75) is 41.5 Å². The topological polar surface area (TPSA) is 166 Å². The fourth-order valence-electron chi connectivity index (χ4n) is 5.29. The van der Waals surface area contributed by atoms with Gasteiger partial charge in [-0.1, -0.05) is 64.1 Å². The quantitative estimate of drug-likeness (QED) is 0.218. The molecule has 0 radical (unpaired) electrons. The summed E-state index contributed by atoms with van der Waals surface area (Å²) in [6.45, 7) is 14.2. The monoisotopic (exact) mass is 752 g/mol. The summed E-state index contributed by atoms with van der Waals surface area (Å²) in [5.74, 6) is 0.827. The molecule has 2 aromatic heterocycles. The second-order valence-corrected chi connectivity index (χ2v) is 15.0. The number of anilines is 2. The molecule has 0 saturated heterocycles. The first-order valence-electron chi connectivity index (χ1n) is 18.2. The van der Waals surface area contributed by atoms with Crippen LogP contribution in [0.1, 0.15) is 41.5 Å². The standard InChI is InChI=1S/C40H48N8O7/c1-39(2,3)37(49)41-33-24-34(42-38(50)40(4,5)6)32-23-31(33)35-25-47(45-43-35)27-9-7-11-29(21-27)54-19-17-52-15-13-51-14-16-53-18-20-55-30-12-8-10-28(22-30)48-26-36(32)44-46-48/h7-12,21-26H,13-20H2,1-6H3,(H,41,49)(H,42,50). The van der Waals surface area contributed by atoms with Crippen molar-refractivity contribution in [2.24, 2.45) is 10.8 Å². The fourth-order valence-corrected chi connectivity index (χ4v) is 5.29. The minimum absolute atomic E-state index is 0.222. The summed E-state index contributed by atoms with van der Waals surface area (Å²) in [6.07, 6.45) is 3.54. The Balaban J connectivity index is 1.44. The molecule has 0 fully saturated rings. The van der Waals surface area contributed by atoms with Gasteiger partial charge in [-0.15, -0.1) is 10.2 Å². The summed E-state index contributed by atoms with van der Waals surface area (Å²) in [5, 5.41) is 24.1. The van der Waals surface area contributed by atoms with Crippen molar-refractivity contribution >= 4 is 23.2 Å². The lowest BCUT2D eigenvalue weighted by Crippen LogP contribution is -2.29. The number of benzene rings is 3. The first-order chi connectivity index (χ1) is 26.3. The van der Waals surface area contributed by atoms with E-state index >= 15 is 0 Å². The maximum absolute atomic E-state index is 13.5. The Morgan fingerprint density at radius 2 is 0.964 bits per heavy atom. The van der Waals surface area contributed by atoms with Crippen LogP contribution in [0.2, 0.25) is 0 Å². The van der Waals surface area contributed by atoms with Crippen molar-refractivity contribution in [1.29, 1.82) is 0 Å². The molecular formula is C40H48N8O7. The maximum Gasteiger partial charge on any atom is 0.229 e. The molecule has 2 amide bonds. The van der Waals surface area contributed by atoms with Crippen LogP contribution in [0.15, 0.2) is 73.1 Å². The number of hydrogen-bond donors (Lipinski definition) is 2. The zero-order valence-electron chi connectivity index (χ0n) is 32.1. The van der Waals surface area contributed by atoms with Crippen LogP contribution in [0.4, 0.5) is 11.4 Å². The number of carbonyl (C=O) groups is 2. The van der Waals surface area contributed by atoms with E-state index in [9.17, 15) is 9.59 Å². The predicted molar refractivity (Wildman–Crippen MR) is 207 cm³/mol. The van der Waals surface area contributed by atoms with Gasteiger partial charge < -0.3 is 34.3 Å². The van der Waals surface area contributed by atoms with Gasteiger partial charge in [-0.05, 0) is 36.4 Å². The van der Waals surface area contributed by atoms with E-state index in [4.69, 9.17) is 23.7 Å². The molecule has 0 unspecified atom stereocenters. The number of nitrogens with one attached hydrogen (secondary N) is 2. The number of ether oxygens (including phenoxy) is 5. The Hall–Kier alpha value is -5.64. The van der Waals surface area contributed by atoms with Gasteiger partial charge in [0.2, 0.25) is 11.8 Å². The van der Waals surface area contributed by atoms with Gasteiger partial charge in [0.25, 0.3) is 0 Å². The molecule has 5 aromatic rings. The molecule has 10 bridgehead atoms. The highest BCUT2D eigenvalue weighted by Crippen LogP contribution is 2.39. The number of hydrogen-bond acceptors (Lipinski definition) is 11. The third kappa shape index (κ3) is 10.3. The van der Waals surface area contributed by atoms with Crippen LogP contribution < -0.4 is 20.1 Å². The van der Waals surface area contributed by atoms with Crippen molar-refractivity contribution < 1.29 is 33.3 Å². The number of carbonyl (C=O) groups excluding carboxylic acids is 2. The minimum Gasteiger partial charge on any atom is -0.491 e. The first-order valence-corrected chi connectivity index (χ1v) is 18.2. The number of nitrogens with zero attached hydrogens (tertiary/aromatic N) is 6. The molecule has 1 aliphatic heterocycles. The van der Waals surface area contributed by atoms with E-state index in [1.165, 1.54) is 0 Å². The second-order valence-electron chi connectivity index (χ2n) is 15.0. The predicted octanol–water partition coefficient (Wildman–Crippen LogP) is 5.97. The third-order valence-electron chi connectivity index (χ3n) is 8.46. The van der Waals surface area contributed by atoms with Crippen LogP contribution in [-0.2, 0) is 23.8 Å². The van der Waals surface area contributed by atoms with E-state index in [-0.39, 0.29) is 11.8 Å². The number of aromatic nitrogens is 6. The van der Waals surface area contributed by atoms with Gasteiger partial charge in [-0.3, -0.25) is 9.59 Å². The van der Waals surface area contributed by atoms with Crippen LogP contribution in [0.3, 0.4) is 0 Å². The number of fused-ring (bicyclic) bond motifs is 14. The maximum atomic E-state index is 13.5. The van der Waals surface area contributed by atoms with Gasteiger partial charge >= 0.3 is 0 Å². The molecule has 290 valence electrons. The molecule has 15 nitrogen and oxygen atoms in total. The highest BCUT2D eigenvalue weighted by Gasteiger charge is 2.27. The smallest absolute Gasteiger partial charge is 0.229 e. The Morgan fingerprint density at radius 1 is 0.564 bits per heavy atom. The highest BCUT2D eigenvalue weighted by molar-refractivity contribution is 6.04. The van der Waals surface area contributed by atoms with Gasteiger partial charge in [-0.2, -0.15) is 0 Å². The van der Waals surface area contributed by atoms with E-state index in [2.05, 4.69) is 31.3 Å². The molecule has 55 heavy (non-hydrogen) atoms. The Morgan fingerprint density at radius 3 is 1.36 bits per heavy atom. The molecule has 2 N–H and O–H groups in total. The summed E-state index contributed by atoms with van der Waals surface area (Å²) >= 11 is 0. The van der Waals surface area contributed by atoms with Crippen LogP contribution in [0.25, 0.3) is 33.9 Å². The Kier molecular flexibility index (Phi) is 12.2. The van der Waals surface area contributed by atoms with Crippen LogP contribution in [0.5, 0.6) is 11.5 Å². The van der Waals surface area contributed by atoms with E-state index in [0.717, 1.165) is 0 Å². The SMILES string of the molecule is CC(C)(C)C(=O)Nc1cc(NC(=O)C(C)(C)C)c2cc1-c1cn(nn1)-c1cccc(c1)OCCOCCOCCOCCOc1cccc(c1)-n1cc-2nn1. The van der Waals surface area contributed by atoms with E-state index < -0.39 is 10.8 Å². The molecule has 0 atom stereocenters. The Bertz CT molecular complexity index is 1950. The highest BCUT2D eigenvalue weighted by atomic mass is 16.6. The van der Waals surface area contributed by atoms with Crippen LogP contribution >= 0.6 is 0 Å². The molecule has 3 heterocycles. The molecule has 0 spiro atoms. The third-order valence-corrected chi connectivity index (χ3v) is 8.46. The van der Waals surface area contributed by atoms with Crippen molar-refractivity contribution in [3.8, 4) is 45.4 Å². The Labute approximate surface area is 320 Å². The molecule has 15 heteroatoms. The summed E-state index contributed by atoms with van der Waals surface area (Å²) in [4.78, 5) is 26.9. The van der Waals surface area contributed by atoms with Gasteiger partial charge in [0.15, 0.2) is 0 Å². The van der Waals surface area contributed by atoms with E-state index in [1.54, 1.807) is 27.8 Å². The summed E-state index contributed by atoms with van der Waals surface area (Å²) in [6, 6.07) is 18.5. The van der Waals surface area contributed by atoms with Gasteiger partial charge in [0.05, 0.1) is 74.8 Å². The lowest BCUT2D eigenvalue weighted by Gasteiger charge is -2.22. The summed E-state index contributed by atoms with van der Waals surface area (Å²) in [7, 11) is 0. The normalized spacial score (nSPS) is 14.7. The zero-order valence-corrected chi connectivity index (χ0v) is 32.1.